The highest BCUT2D eigenvalue weighted by Crippen LogP contribution is 2.17. The van der Waals surface area contributed by atoms with Crippen LogP contribution in [0.1, 0.15) is 335 Å². The maximum absolute atomic E-state index is 12.5. The van der Waals surface area contributed by atoms with E-state index < -0.39 is 12.1 Å². The lowest BCUT2D eigenvalue weighted by molar-refractivity contribution is -0.143. The van der Waals surface area contributed by atoms with Crippen LogP contribution in [-0.2, 0) is 14.3 Å². The van der Waals surface area contributed by atoms with Gasteiger partial charge in [0.1, 0.15) is 0 Å². The van der Waals surface area contributed by atoms with Crippen molar-refractivity contribution in [3.8, 4) is 0 Å². The van der Waals surface area contributed by atoms with E-state index in [4.69, 9.17) is 4.74 Å². The van der Waals surface area contributed by atoms with Crippen LogP contribution < -0.4 is 5.32 Å². The van der Waals surface area contributed by atoms with Crippen LogP contribution in [0.2, 0.25) is 0 Å². The predicted molar refractivity (Wildman–Crippen MR) is 296 cm³/mol. The van der Waals surface area contributed by atoms with E-state index in [9.17, 15) is 19.8 Å². The predicted octanol–water partition coefficient (Wildman–Crippen LogP) is 19.0. The molecule has 402 valence electrons. The van der Waals surface area contributed by atoms with Crippen molar-refractivity contribution in [2.24, 2.45) is 0 Å². The van der Waals surface area contributed by atoms with Crippen LogP contribution in [0.15, 0.2) is 24.3 Å². The molecule has 0 radical (unpaired) electrons. The molecule has 2 unspecified atom stereocenters. The fraction of sp³-hybridized carbons (Fsp3) is 0.903. The number of hydrogen-bond acceptors (Lipinski definition) is 5. The first-order valence-electron chi connectivity index (χ1n) is 30.6. The van der Waals surface area contributed by atoms with Gasteiger partial charge in [-0.05, 0) is 77.0 Å². The smallest absolute Gasteiger partial charge is 0.305 e. The van der Waals surface area contributed by atoms with E-state index in [0.717, 1.165) is 57.8 Å². The quantitative estimate of drug-likeness (QED) is 0.0321. The minimum atomic E-state index is -0.673. The Morgan fingerprint density at radius 2 is 0.691 bits per heavy atom. The summed E-state index contributed by atoms with van der Waals surface area (Å²) in [6.45, 7) is 4.94. The molecule has 1 amide bonds. The van der Waals surface area contributed by atoms with Gasteiger partial charge in [0.05, 0.1) is 25.4 Å². The monoisotopic (exact) mass is 958 g/mol. The maximum Gasteiger partial charge on any atom is 0.305 e. The Hall–Kier alpha value is -1.66. The highest BCUT2D eigenvalue weighted by molar-refractivity contribution is 5.76. The number of aliphatic hydroxyl groups is 2. The number of allylic oxidation sites excluding steroid dienone is 4. The minimum Gasteiger partial charge on any atom is -0.466 e. The molecule has 0 heterocycles. The summed E-state index contributed by atoms with van der Waals surface area (Å²) in [4.78, 5) is 24.6. The van der Waals surface area contributed by atoms with Gasteiger partial charge in [-0.25, -0.2) is 0 Å². The molecule has 0 bridgehead atoms. The van der Waals surface area contributed by atoms with Crippen molar-refractivity contribution in [2.45, 2.75) is 347 Å². The zero-order chi connectivity index (χ0) is 49.3. The van der Waals surface area contributed by atoms with Gasteiger partial charge in [0.15, 0.2) is 0 Å². The molecule has 0 saturated carbocycles. The molecule has 0 aliphatic rings. The lowest BCUT2D eigenvalue weighted by Crippen LogP contribution is -2.45. The fourth-order valence-electron chi connectivity index (χ4n) is 9.51. The van der Waals surface area contributed by atoms with E-state index in [1.807, 2.05) is 0 Å². The number of rotatable bonds is 57. The molecule has 0 aromatic heterocycles. The Labute approximate surface area is 424 Å². The van der Waals surface area contributed by atoms with Gasteiger partial charge in [0, 0.05) is 12.8 Å². The third-order valence-electron chi connectivity index (χ3n) is 14.2. The van der Waals surface area contributed by atoms with Crippen molar-refractivity contribution in [1.29, 1.82) is 0 Å². The lowest BCUT2D eigenvalue weighted by Gasteiger charge is -2.22. The summed E-state index contributed by atoms with van der Waals surface area (Å²) in [6.07, 6.45) is 70.3. The summed E-state index contributed by atoms with van der Waals surface area (Å²) in [5, 5.41) is 23.3. The summed E-state index contributed by atoms with van der Waals surface area (Å²) in [5.41, 5.74) is 0. The van der Waals surface area contributed by atoms with E-state index in [0.29, 0.717) is 25.9 Å². The number of nitrogens with one attached hydrogen (secondary N) is 1. The molecule has 0 saturated heterocycles. The van der Waals surface area contributed by atoms with Crippen LogP contribution in [0.4, 0.5) is 0 Å². The number of hydrogen-bond donors (Lipinski definition) is 3. The van der Waals surface area contributed by atoms with Gasteiger partial charge in [-0.1, -0.05) is 269 Å². The SMILES string of the molecule is CCCCCCCC/C=C\CCCCCCCC(=O)OCCCCCCCC/C=C\CCCCCCCCCC(=O)NC(CO)C(O)CCCCCCCCCCCCCCCCCCCCC. The second-order valence-electron chi connectivity index (χ2n) is 21.0. The molecule has 0 aromatic carbocycles. The van der Waals surface area contributed by atoms with Crippen molar-refractivity contribution in [2.75, 3.05) is 13.2 Å². The van der Waals surface area contributed by atoms with E-state index in [1.54, 1.807) is 0 Å². The standard InChI is InChI=1S/C62H119NO5/c1-3-5-7-9-11-13-15-17-19-20-21-23-27-30-34-38-42-46-50-54-60(65)59(58-64)63-61(66)55-51-47-43-39-35-31-28-24-22-25-29-33-37-41-45-49-53-57-68-62(67)56-52-48-44-40-36-32-26-18-16-14-12-10-8-6-4-2/h18,22,25-26,59-60,64-65H,3-17,19-21,23-24,27-58H2,1-2H3,(H,63,66)/b25-22-,26-18-. The molecule has 0 aliphatic carbocycles. The third kappa shape index (κ3) is 53.7. The van der Waals surface area contributed by atoms with Gasteiger partial charge in [0.2, 0.25) is 5.91 Å². The highest BCUT2D eigenvalue weighted by Gasteiger charge is 2.20. The first kappa shape index (κ1) is 66.3. The molecule has 0 rings (SSSR count). The van der Waals surface area contributed by atoms with Gasteiger partial charge < -0.3 is 20.3 Å². The normalized spacial score (nSPS) is 12.7. The van der Waals surface area contributed by atoms with Crippen LogP contribution in [0.3, 0.4) is 0 Å². The molecule has 0 aliphatic heterocycles. The van der Waals surface area contributed by atoms with Crippen molar-refractivity contribution in [1.82, 2.24) is 5.32 Å². The lowest BCUT2D eigenvalue weighted by atomic mass is 10.0. The Kier molecular flexibility index (Phi) is 56.5. The number of carbonyl (C=O) groups excluding carboxylic acids is 2. The molecule has 0 aromatic rings. The summed E-state index contributed by atoms with van der Waals surface area (Å²) in [7, 11) is 0. The number of ether oxygens (including phenoxy) is 1. The van der Waals surface area contributed by atoms with E-state index in [1.165, 1.54) is 244 Å². The average molecular weight is 959 g/mol. The second-order valence-corrected chi connectivity index (χ2v) is 21.0. The average Bonchev–Trinajstić information content (AvgIpc) is 3.34. The molecule has 0 spiro atoms. The van der Waals surface area contributed by atoms with Crippen molar-refractivity contribution < 1.29 is 24.5 Å². The molecular formula is C62H119NO5. The maximum atomic E-state index is 12.5. The summed E-state index contributed by atoms with van der Waals surface area (Å²) < 4.78 is 5.47. The number of aliphatic hydroxyl groups excluding tert-OH is 2. The number of amides is 1. The Balaban J connectivity index is 3.45. The number of unbranched alkanes of at least 4 members (excludes halogenated alkanes) is 42. The fourth-order valence-corrected chi connectivity index (χ4v) is 9.51. The van der Waals surface area contributed by atoms with Crippen LogP contribution in [0.25, 0.3) is 0 Å². The van der Waals surface area contributed by atoms with E-state index >= 15 is 0 Å². The van der Waals surface area contributed by atoms with Crippen molar-refractivity contribution >= 4 is 11.9 Å². The molecule has 3 N–H and O–H groups in total. The second kappa shape index (κ2) is 57.9. The molecular weight excluding hydrogens is 839 g/mol. The zero-order valence-corrected chi connectivity index (χ0v) is 45.9. The number of carbonyl (C=O) groups is 2. The van der Waals surface area contributed by atoms with Crippen molar-refractivity contribution in [3.63, 3.8) is 0 Å². The zero-order valence-electron chi connectivity index (χ0n) is 45.9. The summed E-state index contributed by atoms with van der Waals surface area (Å²) in [5.74, 6) is -0.0537. The summed E-state index contributed by atoms with van der Waals surface area (Å²) >= 11 is 0. The van der Waals surface area contributed by atoms with Gasteiger partial charge in [0.25, 0.3) is 0 Å². The van der Waals surface area contributed by atoms with Gasteiger partial charge in [-0.3, -0.25) is 9.59 Å². The molecule has 68 heavy (non-hydrogen) atoms. The highest BCUT2D eigenvalue weighted by atomic mass is 16.5. The first-order chi connectivity index (χ1) is 33.5. The topological polar surface area (TPSA) is 95.9 Å². The van der Waals surface area contributed by atoms with Gasteiger partial charge >= 0.3 is 5.97 Å². The van der Waals surface area contributed by atoms with Crippen LogP contribution in [-0.4, -0.2) is 47.4 Å². The van der Waals surface area contributed by atoms with Crippen molar-refractivity contribution in [3.05, 3.63) is 24.3 Å². The Bertz CT molecular complexity index is 1060. The van der Waals surface area contributed by atoms with Gasteiger partial charge in [-0.15, -0.1) is 0 Å². The third-order valence-corrected chi connectivity index (χ3v) is 14.2. The minimum absolute atomic E-state index is 0.00915. The molecule has 6 heteroatoms. The largest absolute Gasteiger partial charge is 0.466 e. The van der Waals surface area contributed by atoms with E-state index in [-0.39, 0.29) is 18.5 Å². The van der Waals surface area contributed by atoms with E-state index in [2.05, 4.69) is 43.5 Å². The Morgan fingerprint density at radius 1 is 0.397 bits per heavy atom. The molecule has 2 atom stereocenters. The Morgan fingerprint density at radius 3 is 1.04 bits per heavy atom. The molecule has 0 fully saturated rings. The first-order valence-corrected chi connectivity index (χ1v) is 30.6. The van der Waals surface area contributed by atoms with Crippen LogP contribution in [0, 0.1) is 0 Å². The number of esters is 1. The van der Waals surface area contributed by atoms with Crippen LogP contribution in [0.5, 0.6) is 0 Å². The van der Waals surface area contributed by atoms with Crippen LogP contribution >= 0.6 is 0 Å². The summed E-state index contributed by atoms with van der Waals surface area (Å²) in [6, 6.07) is -0.551. The van der Waals surface area contributed by atoms with Gasteiger partial charge in [-0.2, -0.15) is 0 Å². The molecule has 6 nitrogen and oxygen atoms in total.